The summed E-state index contributed by atoms with van der Waals surface area (Å²) in [7, 11) is 0. The fraction of sp³-hybridized carbons (Fsp3) is 0.818. The van der Waals surface area contributed by atoms with Crippen molar-refractivity contribution in [2.24, 2.45) is 10.8 Å². The Labute approximate surface area is 170 Å². The molecule has 0 rings (SSSR count). The van der Waals surface area contributed by atoms with E-state index in [4.69, 9.17) is 20.0 Å². The first kappa shape index (κ1) is 25.9. The molecule has 6 heteroatoms. The first-order valence-electron chi connectivity index (χ1n) is 10.0. The number of ether oxygens (including phenoxy) is 2. The van der Waals surface area contributed by atoms with Crippen molar-refractivity contribution in [3.63, 3.8) is 0 Å². The van der Waals surface area contributed by atoms with E-state index >= 15 is 0 Å². The monoisotopic (exact) mass is 392 g/mol. The van der Waals surface area contributed by atoms with Crippen molar-refractivity contribution in [1.29, 1.82) is 10.5 Å². The van der Waals surface area contributed by atoms with Crippen LogP contribution in [0.3, 0.4) is 0 Å². The molecule has 0 aromatic rings. The lowest BCUT2D eigenvalue weighted by molar-refractivity contribution is -0.181. The number of nitriles is 2. The van der Waals surface area contributed by atoms with Crippen molar-refractivity contribution in [3.05, 3.63) is 0 Å². The summed E-state index contributed by atoms with van der Waals surface area (Å²) in [4.78, 5) is 25.7. The smallest absolute Gasteiger partial charge is 0.324 e. The van der Waals surface area contributed by atoms with Crippen molar-refractivity contribution in [3.8, 4) is 12.1 Å². The predicted molar refractivity (Wildman–Crippen MR) is 107 cm³/mol. The van der Waals surface area contributed by atoms with Crippen molar-refractivity contribution >= 4 is 11.9 Å². The van der Waals surface area contributed by atoms with Crippen molar-refractivity contribution in [2.75, 3.05) is 6.61 Å². The Morgan fingerprint density at radius 3 is 1.75 bits per heavy atom. The van der Waals surface area contributed by atoms with E-state index in [-0.39, 0.29) is 37.7 Å². The third-order valence-electron chi connectivity index (χ3n) is 4.31. The van der Waals surface area contributed by atoms with Crippen LogP contribution >= 0.6 is 0 Å². The Kier molecular flexibility index (Phi) is 10.8. The van der Waals surface area contributed by atoms with Crippen molar-refractivity contribution < 1.29 is 19.1 Å². The normalized spacial score (nSPS) is 12.0. The third-order valence-corrected chi connectivity index (χ3v) is 4.31. The molecule has 0 radical (unpaired) electrons. The summed E-state index contributed by atoms with van der Waals surface area (Å²) in [5.41, 5.74) is -2.11. The van der Waals surface area contributed by atoms with Gasteiger partial charge in [0.1, 0.15) is 5.60 Å². The molecule has 0 aliphatic rings. The maximum absolute atomic E-state index is 12.9. The first-order valence-corrected chi connectivity index (χ1v) is 10.0. The van der Waals surface area contributed by atoms with Gasteiger partial charge < -0.3 is 9.47 Å². The zero-order chi connectivity index (χ0) is 21.8. The van der Waals surface area contributed by atoms with Gasteiger partial charge in [0, 0.05) is 12.8 Å². The second-order valence-electron chi connectivity index (χ2n) is 9.41. The maximum atomic E-state index is 12.9. The molecule has 0 bridgehead atoms. The zero-order valence-electron chi connectivity index (χ0n) is 18.4. The number of carbonyl (C=O) groups is 2. The SMILES string of the molecule is CC(C)(C)CCCCCOC(=O)C(CCC#N)(CCC#N)C(=O)OC(C)(C)C. The fourth-order valence-electron chi connectivity index (χ4n) is 2.77. The molecule has 28 heavy (non-hydrogen) atoms. The Bertz CT molecular complexity index is 568. The average Bonchev–Trinajstić information content (AvgIpc) is 2.55. The summed E-state index contributed by atoms with van der Waals surface area (Å²) in [6, 6.07) is 3.94. The van der Waals surface area contributed by atoms with Crippen LogP contribution in [0.25, 0.3) is 0 Å². The van der Waals surface area contributed by atoms with E-state index in [0.29, 0.717) is 6.42 Å². The van der Waals surface area contributed by atoms with Gasteiger partial charge >= 0.3 is 11.9 Å². The predicted octanol–water partition coefficient (Wildman–Crippen LogP) is 5.07. The van der Waals surface area contributed by atoms with Crippen LogP contribution in [-0.4, -0.2) is 24.1 Å². The number of hydrogen-bond acceptors (Lipinski definition) is 6. The summed E-state index contributed by atoms with van der Waals surface area (Å²) in [5, 5.41) is 17.9. The van der Waals surface area contributed by atoms with Crippen LogP contribution in [0.15, 0.2) is 0 Å². The lowest BCUT2D eigenvalue weighted by Gasteiger charge is -2.31. The minimum absolute atomic E-state index is 0.00531. The molecule has 0 heterocycles. The highest BCUT2D eigenvalue weighted by molar-refractivity contribution is 6.00. The minimum Gasteiger partial charge on any atom is -0.465 e. The van der Waals surface area contributed by atoms with E-state index in [2.05, 4.69) is 20.8 Å². The molecule has 6 nitrogen and oxygen atoms in total. The largest absolute Gasteiger partial charge is 0.465 e. The molecule has 0 saturated heterocycles. The standard InChI is InChI=1S/C22H36N2O4/c1-20(2,3)12-8-7-9-17-27-18(25)22(13-10-15-23,14-11-16-24)19(26)28-21(4,5)6/h7-14,17H2,1-6H3. The van der Waals surface area contributed by atoms with Crippen LogP contribution < -0.4 is 0 Å². The number of unbranched alkanes of at least 4 members (excludes halogenated alkanes) is 2. The van der Waals surface area contributed by atoms with Crippen molar-refractivity contribution in [1.82, 2.24) is 0 Å². The summed E-state index contributed by atoms with van der Waals surface area (Å²) >= 11 is 0. The quantitative estimate of drug-likeness (QED) is 0.276. The van der Waals surface area contributed by atoms with Gasteiger partial charge in [-0.3, -0.25) is 9.59 Å². The van der Waals surface area contributed by atoms with Crippen LogP contribution in [-0.2, 0) is 19.1 Å². The average molecular weight is 393 g/mol. The van der Waals surface area contributed by atoms with Gasteiger partial charge in [-0.05, 0) is 51.9 Å². The molecule has 0 aliphatic carbocycles. The summed E-state index contributed by atoms with van der Waals surface area (Å²) in [5.74, 6) is -1.41. The van der Waals surface area contributed by atoms with Crippen LogP contribution in [0, 0.1) is 33.5 Å². The van der Waals surface area contributed by atoms with E-state index in [1.807, 2.05) is 12.1 Å². The molecule has 0 amide bonds. The second-order valence-corrected chi connectivity index (χ2v) is 9.41. The Morgan fingerprint density at radius 2 is 1.32 bits per heavy atom. The van der Waals surface area contributed by atoms with E-state index in [1.54, 1.807) is 20.8 Å². The number of hydrogen-bond donors (Lipinski definition) is 0. The number of esters is 2. The number of carbonyl (C=O) groups excluding carboxylic acids is 2. The van der Waals surface area contributed by atoms with Gasteiger partial charge in [-0.1, -0.05) is 33.6 Å². The highest BCUT2D eigenvalue weighted by Gasteiger charge is 2.49. The minimum atomic E-state index is -1.61. The molecule has 0 N–H and O–H groups in total. The van der Waals surface area contributed by atoms with Crippen LogP contribution in [0.5, 0.6) is 0 Å². The van der Waals surface area contributed by atoms with Gasteiger partial charge in [-0.2, -0.15) is 10.5 Å². The molecule has 0 unspecified atom stereocenters. The molecule has 0 atom stereocenters. The summed E-state index contributed by atoms with van der Waals surface area (Å²) < 4.78 is 10.9. The van der Waals surface area contributed by atoms with Gasteiger partial charge in [-0.15, -0.1) is 0 Å². The van der Waals surface area contributed by atoms with E-state index in [9.17, 15) is 9.59 Å². The second kappa shape index (κ2) is 11.7. The molecule has 0 aromatic carbocycles. The van der Waals surface area contributed by atoms with Crippen molar-refractivity contribution in [2.45, 2.75) is 98.5 Å². The highest BCUT2D eigenvalue weighted by Crippen LogP contribution is 2.35. The van der Waals surface area contributed by atoms with Gasteiger partial charge in [0.15, 0.2) is 5.41 Å². The summed E-state index contributed by atoms with van der Waals surface area (Å²) in [6.45, 7) is 11.9. The van der Waals surface area contributed by atoms with Gasteiger partial charge in [0.25, 0.3) is 0 Å². The number of nitrogens with zero attached hydrogens (tertiary/aromatic N) is 2. The molecule has 158 valence electrons. The molecular formula is C22H36N2O4. The topological polar surface area (TPSA) is 100 Å². The highest BCUT2D eigenvalue weighted by atomic mass is 16.6. The lowest BCUT2D eigenvalue weighted by Crippen LogP contribution is -2.45. The van der Waals surface area contributed by atoms with Gasteiger partial charge in [0.05, 0.1) is 18.7 Å². The van der Waals surface area contributed by atoms with Crippen LogP contribution in [0.1, 0.15) is 92.9 Å². The Hall–Kier alpha value is -2.08. The molecular weight excluding hydrogens is 356 g/mol. The van der Waals surface area contributed by atoms with E-state index < -0.39 is 23.0 Å². The van der Waals surface area contributed by atoms with E-state index in [0.717, 1.165) is 19.3 Å². The lowest BCUT2D eigenvalue weighted by atomic mass is 9.79. The molecule has 0 spiro atoms. The Balaban J connectivity index is 5.10. The van der Waals surface area contributed by atoms with Gasteiger partial charge in [-0.25, -0.2) is 0 Å². The summed E-state index contributed by atoms with van der Waals surface area (Å²) in [6.07, 6.45) is 3.76. The van der Waals surface area contributed by atoms with Crippen LogP contribution in [0.2, 0.25) is 0 Å². The maximum Gasteiger partial charge on any atom is 0.324 e. The third kappa shape index (κ3) is 10.3. The fourth-order valence-corrected chi connectivity index (χ4v) is 2.77. The van der Waals surface area contributed by atoms with E-state index in [1.165, 1.54) is 0 Å². The molecule has 0 aliphatic heterocycles. The molecule has 0 saturated carbocycles. The van der Waals surface area contributed by atoms with Gasteiger partial charge in [0.2, 0.25) is 0 Å². The number of rotatable bonds is 11. The molecule has 0 aromatic heterocycles. The molecule has 0 fully saturated rings. The Morgan fingerprint density at radius 1 is 0.786 bits per heavy atom. The first-order chi connectivity index (χ1) is 12.9. The van der Waals surface area contributed by atoms with Crippen LogP contribution in [0.4, 0.5) is 0 Å². The zero-order valence-corrected chi connectivity index (χ0v) is 18.4.